The topological polar surface area (TPSA) is 65.1 Å². The van der Waals surface area contributed by atoms with Crippen molar-refractivity contribution in [3.63, 3.8) is 0 Å². The van der Waals surface area contributed by atoms with E-state index in [4.69, 9.17) is 14.2 Å². The molecule has 0 bridgehead atoms. The molecule has 0 spiro atoms. The fourth-order valence-electron chi connectivity index (χ4n) is 3.39. The Kier molecular flexibility index (Phi) is 8.05. The van der Waals surface area contributed by atoms with Crippen LogP contribution in [0.2, 0.25) is 0 Å². The molecule has 2 amide bonds. The highest BCUT2D eigenvalue weighted by molar-refractivity contribution is 8.18. The number of nitrogens with zero attached hydrogens (tertiary/aromatic N) is 1. The van der Waals surface area contributed by atoms with Crippen LogP contribution in [-0.2, 0) is 11.4 Å². The molecule has 1 aliphatic heterocycles. The molecule has 0 saturated carbocycles. The Morgan fingerprint density at radius 1 is 0.914 bits per heavy atom. The molecule has 0 aromatic heterocycles. The molecule has 0 radical (unpaired) electrons. The van der Waals surface area contributed by atoms with Crippen LogP contribution < -0.4 is 14.2 Å². The number of thioether (sulfide) groups is 1. The van der Waals surface area contributed by atoms with Crippen LogP contribution in [-0.4, -0.2) is 35.8 Å². The summed E-state index contributed by atoms with van der Waals surface area (Å²) in [5, 5.41) is -0.340. The van der Waals surface area contributed by atoms with E-state index in [0.717, 1.165) is 11.8 Å². The molecular formula is C27H24FNO5S. The quantitative estimate of drug-likeness (QED) is 0.327. The van der Waals surface area contributed by atoms with E-state index in [-0.39, 0.29) is 36.7 Å². The molecule has 3 aromatic rings. The molecule has 0 unspecified atom stereocenters. The molecule has 4 rings (SSSR count). The van der Waals surface area contributed by atoms with E-state index < -0.39 is 0 Å². The van der Waals surface area contributed by atoms with Crippen LogP contribution in [0, 0.1) is 5.82 Å². The lowest BCUT2D eigenvalue weighted by Crippen LogP contribution is -2.32. The zero-order valence-corrected chi connectivity index (χ0v) is 19.9. The van der Waals surface area contributed by atoms with Crippen molar-refractivity contribution < 1.29 is 28.2 Å². The predicted octanol–water partition coefficient (Wildman–Crippen LogP) is 5.92. The first-order valence-corrected chi connectivity index (χ1v) is 11.9. The van der Waals surface area contributed by atoms with E-state index in [1.54, 1.807) is 42.5 Å². The number of para-hydroxylation sites is 1. The fraction of sp³-hybridized carbons (Fsp3) is 0.185. The minimum absolute atomic E-state index is 0.0516. The number of hydrogen-bond donors (Lipinski definition) is 0. The lowest BCUT2D eigenvalue weighted by atomic mass is 10.1. The number of halogens is 1. The summed E-state index contributed by atoms with van der Waals surface area (Å²) in [6, 6.07) is 20.8. The zero-order valence-electron chi connectivity index (χ0n) is 19.1. The minimum atomic E-state index is -0.366. The molecule has 1 saturated heterocycles. The number of carbonyl (C=O) groups is 2. The van der Waals surface area contributed by atoms with Crippen LogP contribution in [0.1, 0.15) is 18.1 Å². The van der Waals surface area contributed by atoms with Gasteiger partial charge in [0.15, 0.2) is 11.5 Å². The van der Waals surface area contributed by atoms with Gasteiger partial charge in [-0.05, 0) is 60.7 Å². The summed E-state index contributed by atoms with van der Waals surface area (Å²) in [5.41, 5.74) is 1.11. The minimum Gasteiger partial charge on any atom is -0.492 e. The molecule has 35 heavy (non-hydrogen) atoms. The van der Waals surface area contributed by atoms with E-state index >= 15 is 0 Å². The van der Waals surface area contributed by atoms with Gasteiger partial charge in [-0.25, -0.2) is 4.39 Å². The van der Waals surface area contributed by atoms with Gasteiger partial charge in [0.25, 0.3) is 11.1 Å². The third-order valence-corrected chi connectivity index (χ3v) is 6.01. The maximum absolute atomic E-state index is 13.9. The SMILES string of the molecule is CCOc1cc(/C=C2\SC(=O)N(CCOc3ccccc3)C2=O)ccc1OCc1ccccc1F. The second kappa shape index (κ2) is 11.6. The molecule has 180 valence electrons. The number of benzene rings is 3. The van der Waals surface area contributed by atoms with Crippen molar-refractivity contribution >= 4 is 29.0 Å². The number of amides is 2. The standard InChI is InChI=1S/C27H24FNO5S/c1-2-32-24-16-19(12-13-23(24)34-18-20-8-6-7-11-22(20)28)17-25-26(30)29(27(31)35-25)14-15-33-21-9-4-3-5-10-21/h3-13,16-17H,2,14-15,18H2,1H3/b25-17-. The molecule has 1 fully saturated rings. The second-order valence-corrected chi connectivity index (χ2v) is 8.51. The molecule has 6 nitrogen and oxygen atoms in total. The maximum atomic E-state index is 13.9. The molecule has 0 atom stereocenters. The fourth-order valence-corrected chi connectivity index (χ4v) is 4.25. The number of hydrogen-bond acceptors (Lipinski definition) is 6. The van der Waals surface area contributed by atoms with Gasteiger partial charge in [-0.1, -0.05) is 42.5 Å². The van der Waals surface area contributed by atoms with E-state index in [1.165, 1.54) is 11.0 Å². The van der Waals surface area contributed by atoms with Crippen LogP contribution >= 0.6 is 11.8 Å². The number of rotatable bonds is 10. The van der Waals surface area contributed by atoms with E-state index in [9.17, 15) is 14.0 Å². The first-order valence-electron chi connectivity index (χ1n) is 11.1. The largest absolute Gasteiger partial charge is 0.492 e. The number of imide groups is 1. The summed E-state index contributed by atoms with van der Waals surface area (Å²) in [4.78, 5) is 26.7. The monoisotopic (exact) mass is 493 g/mol. The molecule has 0 N–H and O–H groups in total. The van der Waals surface area contributed by atoms with Crippen molar-refractivity contribution in [2.45, 2.75) is 13.5 Å². The lowest BCUT2D eigenvalue weighted by Gasteiger charge is -2.13. The van der Waals surface area contributed by atoms with E-state index in [2.05, 4.69) is 0 Å². The van der Waals surface area contributed by atoms with Gasteiger partial charge < -0.3 is 14.2 Å². The summed E-state index contributed by atoms with van der Waals surface area (Å²) >= 11 is 0.885. The summed E-state index contributed by atoms with van der Waals surface area (Å²) in [7, 11) is 0. The van der Waals surface area contributed by atoms with Crippen molar-refractivity contribution in [2.75, 3.05) is 19.8 Å². The van der Waals surface area contributed by atoms with Crippen LogP contribution in [0.25, 0.3) is 6.08 Å². The Hall–Kier alpha value is -3.78. The van der Waals surface area contributed by atoms with Gasteiger partial charge >= 0.3 is 0 Å². The van der Waals surface area contributed by atoms with Gasteiger partial charge in [0.2, 0.25) is 0 Å². The second-order valence-electron chi connectivity index (χ2n) is 7.51. The zero-order chi connectivity index (χ0) is 24.6. The van der Waals surface area contributed by atoms with Crippen LogP contribution in [0.3, 0.4) is 0 Å². The van der Waals surface area contributed by atoms with Gasteiger partial charge in [0.1, 0.15) is 24.8 Å². The third kappa shape index (κ3) is 6.22. The Morgan fingerprint density at radius 2 is 1.69 bits per heavy atom. The van der Waals surface area contributed by atoms with Gasteiger partial charge in [0.05, 0.1) is 18.1 Å². The van der Waals surface area contributed by atoms with Crippen LogP contribution in [0.15, 0.2) is 77.7 Å². The first-order chi connectivity index (χ1) is 17.0. The highest BCUT2D eigenvalue weighted by Gasteiger charge is 2.34. The van der Waals surface area contributed by atoms with Crippen molar-refractivity contribution in [3.05, 3.63) is 94.6 Å². The van der Waals surface area contributed by atoms with E-state index in [1.807, 2.05) is 37.3 Å². The molecule has 3 aromatic carbocycles. The third-order valence-electron chi connectivity index (χ3n) is 5.11. The summed E-state index contributed by atoms with van der Waals surface area (Å²) in [5.74, 6) is 0.892. The highest BCUT2D eigenvalue weighted by atomic mass is 32.2. The van der Waals surface area contributed by atoms with Gasteiger partial charge in [-0.15, -0.1) is 0 Å². The van der Waals surface area contributed by atoms with Crippen molar-refractivity contribution in [1.82, 2.24) is 4.90 Å². The van der Waals surface area contributed by atoms with Crippen LogP contribution in [0.5, 0.6) is 17.2 Å². The number of carbonyl (C=O) groups excluding carboxylic acids is 2. The molecular weight excluding hydrogens is 469 g/mol. The number of ether oxygens (including phenoxy) is 3. The molecule has 1 heterocycles. The van der Waals surface area contributed by atoms with Crippen molar-refractivity contribution in [3.8, 4) is 17.2 Å². The Bertz CT molecular complexity index is 1230. The van der Waals surface area contributed by atoms with Crippen molar-refractivity contribution in [1.29, 1.82) is 0 Å². The first kappa shape index (κ1) is 24.3. The predicted molar refractivity (Wildman–Crippen MR) is 133 cm³/mol. The van der Waals surface area contributed by atoms with Crippen molar-refractivity contribution in [2.24, 2.45) is 0 Å². The maximum Gasteiger partial charge on any atom is 0.293 e. The summed E-state index contributed by atoms with van der Waals surface area (Å²) in [6.45, 7) is 2.66. The van der Waals surface area contributed by atoms with Gasteiger partial charge in [-0.3, -0.25) is 14.5 Å². The summed E-state index contributed by atoms with van der Waals surface area (Å²) in [6.07, 6.45) is 1.64. The Labute approximate surface area is 207 Å². The van der Waals surface area contributed by atoms with Gasteiger partial charge in [0, 0.05) is 5.56 Å². The van der Waals surface area contributed by atoms with E-state index in [0.29, 0.717) is 39.9 Å². The normalized spacial score (nSPS) is 14.5. The molecule has 0 aliphatic carbocycles. The average molecular weight is 494 g/mol. The van der Waals surface area contributed by atoms with Gasteiger partial charge in [-0.2, -0.15) is 0 Å². The Morgan fingerprint density at radius 3 is 2.46 bits per heavy atom. The molecule has 8 heteroatoms. The average Bonchev–Trinajstić information content (AvgIpc) is 3.12. The van der Waals surface area contributed by atoms with Crippen LogP contribution in [0.4, 0.5) is 9.18 Å². The Balaban J connectivity index is 1.43. The molecule has 1 aliphatic rings. The smallest absolute Gasteiger partial charge is 0.293 e. The lowest BCUT2D eigenvalue weighted by molar-refractivity contribution is -0.123. The summed E-state index contributed by atoms with van der Waals surface area (Å²) < 4.78 is 31.0. The highest BCUT2D eigenvalue weighted by Crippen LogP contribution is 2.35.